The molecule has 0 unspecified atom stereocenters. The molecule has 4 rings (SSSR count). The number of amides is 1. The van der Waals surface area contributed by atoms with Gasteiger partial charge < -0.3 is 9.64 Å². The minimum absolute atomic E-state index is 0.0530. The summed E-state index contributed by atoms with van der Waals surface area (Å²) in [5.41, 5.74) is 5.27. The third kappa shape index (κ3) is 6.25. The summed E-state index contributed by atoms with van der Waals surface area (Å²) >= 11 is 0. The molecule has 2 aromatic heterocycles. The molecule has 7 heteroatoms. The Hall–Kier alpha value is -3.71. The maximum atomic E-state index is 12.2. The van der Waals surface area contributed by atoms with Crippen molar-refractivity contribution < 1.29 is 9.53 Å². The van der Waals surface area contributed by atoms with Gasteiger partial charge in [0.25, 0.3) is 0 Å². The molecule has 7 nitrogen and oxygen atoms in total. The van der Waals surface area contributed by atoms with Crippen LogP contribution in [0, 0.1) is 12.8 Å². The predicted octanol–water partition coefficient (Wildman–Crippen LogP) is 4.94. The summed E-state index contributed by atoms with van der Waals surface area (Å²) in [7, 11) is 0. The smallest absolute Gasteiger partial charge is 0.225 e. The molecule has 3 aromatic rings. The molecular formula is C28H33N5O2. The van der Waals surface area contributed by atoms with Crippen molar-refractivity contribution in [2.75, 3.05) is 32.7 Å². The van der Waals surface area contributed by atoms with Gasteiger partial charge in [-0.2, -0.15) is 5.10 Å². The Morgan fingerprint density at radius 2 is 1.97 bits per heavy atom. The number of benzene rings is 1. The highest BCUT2D eigenvalue weighted by molar-refractivity contribution is 5.78. The van der Waals surface area contributed by atoms with Crippen LogP contribution in [-0.2, 0) is 4.79 Å². The van der Waals surface area contributed by atoms with E-state index in [9.17, 15) is 4.79 Å². The summed E-state index contributed by atoms with van der Waals surface area (Å²) in [4.78, 5) is 21.0. The molecule has 0 radical (unpaired) electrons. The Morgan fingerprint density at radius 3 is 2.57 bits per heavy atom. The van der Waals surface area contributed by atoms with Crippen molar-refractivity contribution >= 4 is 12.0 Å². The van der Waals surface area contributed by atoms with Gasteiger partial charge in [-0.1, -0.05) is 38.6 Å². The fourth-order valence-electron chi connectivity index (χ4n) is 4.13. The molecule has 0 saturated carbocycles. The zero-order valence-electron chi connectivity index (χ0n) is 20.7. The molecule has 3 heterocycles. The standard InChI is InChI=1S/C28H33N5O2/c1-5-22(19-32-12-14-33(15-13-32)28(34)20(2)3)17-23-6-8-25(16-21(23)4)35-27-9-7-24(18-29-27)26-10-11-30-31-26/h5-11,16-18,20H,1,12-15,19H2,2-4H3,(H,30,31)/b22-17+. The summed E-state index contributed by atoms with van der Waals surface area (Å²) in [6.45, 7) is 14.1. The SMILES string of the molecule is C=C/C(=C\c1ccc(Oc2ccc(-c3ccn[nH]3)cn2)cc1C)CN1CCN(C(=O)C(C)C)CC1. The second-order valence-electron chi connectivity index (χ2n) is 9.16. The van der Waals surface area contributed by atoms with E-state index in [4.69, 9.17) is 4.74 Å². The van der Waals surface area contributed by atoms with Crippen molar-refractivity contribution in [1.82, 2.24) is 25.0 Å². The fourth-order valence-corrected chi connectivity index (χ4v) is 4.13. The van der Waals surface area contributed by atoms with E-state index < -0.39 is 0 Å². The van der Waals surface area contributed by atoms with E-state index in [1.807, 2.05) is 55.2 Å². The second kappa shape index (κ2) is 11.1. The number of pyridine rings is 1. The summed E-state index contributed by atoms with van der Waals surface area (Å²) in [5, 5.41) is 6.90. The van der Waals surface area contributed by atoms with Crippen molar-refractivity contribution in [3.63, 3.8) is 0 Å². The number of ether oxygens (including phenoxy) is 1. The molecule has 0 spiro atoms. The van der Waals surface area contributed by atoms with E-state index in [1.54, 1.807) is 12.4 Å². The highest BCUT2D eigenvalue weighted by atomic mass is 16.5. The highest BCUT2D eigenvalue weighted by Crippen LogP contribution is 2.25. The van der Waals surface area contributed by atoms with Crippen molar-refractivity contribution in [3.8, 4) is 22.9 Å². The van der Waals surface area contributed by atoms with Gasteiger partial charge in [0.15, 0.2) is 0 Å². The number of carbonyl (C=O) groups excluding carboxylic acids is 1. The van der Waals surface area contributed by atoms with Crippen LogP contribution >= 0.6 is 0 Å². The number of aromatic nitrogens is 3. The Morgan fingerprint density at radius 1 is 1.17 bits per heavy atom. The first-order chi connectivity index (χ1) is 16.9. The molecule has 35 heavy (non-hydrogen) atoms. The van der Waals surface area contributed by atoms with Gasteiger partial charge >= 0.3 is 0 Å². The van der Waals surface area contributed by atoms with Gasteiger partial charge in [-0.05, 0) is 47.9 Å². The minimum Gasteiger partial charge on any atom is -0.439 e. The lowest BCUT2D eigenvalue weighted by atomic mass is 10.0. The molecule has 182 valence electrons. The van der Waals surface area contributed by atoms with E-state index in [1.165, 1.54) is 0 Å². The summed E-state index contributed by atoms with van der Waals surface area (Å²) < 4.78 is 5.97. The van der Waals surface area contributed by atoms with Crippen LogP contribution in [0.25, 0.3) is 17.3 Å². The van der Waals surface area contributed by atoms with Crippen LogP contribution in [0.2, 0.25) is 0 Å². The third-order valence-electron chi connectivity index (χ3n) is 6.20. The molecular weight excluding hydrogens is 438 g/mol. The highest BCUT2D eigenvalue weighted by Gasteiger charge is 2.22. The van der Waals surface area contributed by atoms with Gasteiger partial charge in [0.2, 0.25) is 11.8 Å². The van der Waals surface area contributed by atoms with E-state index >= 15 is 0 Å². The Kier molecular flexibility index (Phi) is 7.77. The Labute approximate surface area is 207 Å². The lowest BCUT2D eigenvalue weighted by molar-refractivity contribution is -0.136. The van der Waals surface area contributed by atoms with Crippen molar-refractivity contribution in [2.24, 2.45) is 5.92 Å². The summed E-state index contributed by atoms with van der Waals surface area (Å²) in [6, 6.07) is 11.7. The first-order valence-electron chi connectivity index (χ1n) is 12.0. The van der Waals surface area contributed by atoms with Crippen LogP contribution in [0.3, 0.4) is 0 Å². The lowest BCUT2D eigenvalue weighted by Crippen LogP contribution is -2.50. The fraction of sp³-hybridized carbons (Fsp3) is 0.321. The molecule has 0 bridgehead atoms. The number of rotatable bonds is 8. The first-order valence-corrected chi connectivity index (χ1v) is 12.0. The second-order valence-corrected chi connectivity index (χ2v) is 9.16. The van der Waals surface area contributed by atoms with Crippen molar-refractivity contribution in [3.05, 3.63) is 78.1 Å². The number of aromatic amines is 1. The first kappa shape index (κ1) is 24.4. The zero-order valence-corrected chi connectivity index (χ0v) is 20.7. The molecule has 1 saturated heterocycles. The van der Waals surface area contributed by atoms with Crippen molar-refractivity contribution in [1.29, 1.82) is 0 Å². The predicted molar refractivity (Wildman–Crippen MR) is 139 cm³/mol. The number of H-pyrrole nitrogens is 1. The molecule has 0 atom stereocenters. The molecule has 1 aliphatic heterocycles. The van der Waals surface area contributed by atoms with E-state index in [0.717, 1.165) is 66.4 Å². The lowest BCUT2D eigenvalue weighted by Gasteiger charge is -2.35. The van der Waals surface area contributed by atoms with Gasteiger partial charge in [0, 0.05) is 62.7 Å². The zero-order chi connectivity index (χ0) is 24.8. The number of hydrogen-bond donors (Lipinski definition) is 1. The Bertz CT molecular complexity index is 1170. The number of hydrogen-bond acceptors (Lipinski definition) is 5. The third-order valence-corrected chi connectivity index (χ3v) is 6.20. The molecule has 1 aromatic carbocycles. The normalized spacial score (nSPS) is 14.9. The van der Waals surface area contributed by atoms with Crippen molar-refractivity contribution in [2.45, 2.75) is 20.8 Å². The van der Waals surface area contributed by atoms with Crippen LogP contribution < -0.4 is 4.74 Å². The topological polar surface area (TPSA) is 74.3 Å². The van der Waals surface area contributed by atoms with E-state index in [-0.39, 0.29) is 11.8 Å². The average Bonchev–Trinajstić information content (AvgIpc) is 3.40. The van der Waals surface area contributed by atoms with Gasteiger partial charge in [-0.15, -0.1) is 0 Å². The number of piperazine rings is 1. The van der Waals surface area contributed by atoms with Crippen LogP contribution in [0.4, 0.5) is 0 Å². The molecule has 1 amide bonds. The minimum atomic E-state index is 0.0530. The summed E-state index contributed by atoms with van der Waals surface area (Å²) in [5.74, 6) is 1.58. The van der Waals surface area contributed by atoms with Gasteiger partial charge in [-0.3, -0.25) is 14.8 Å². The monoisotopic (exact) mass is 471 g/mol. The number of aryl methyl sites for hydroxylation is 1. The van der Waals surface area contributed by atoms with Gasteiger partial charge in [0.1, 0.15) is 5.75 Å². The van der Waals surface area contributed by atoms with Gasteiger partial charge in [-0.25, -0.2) is 4.98 Å². The van der Waals surface area contributed by atoms with E-state index in [0.29, 0.717) is 5.88 Å². The molecule has 0 aliphatic carbocycles. The summed E-state index contributed by atoms with van der Waals surface area (Å²) in [6.07, 6.45) is 7.57. The van der Waals surface area contributed by atoms with Crippen LogP contribution in [0.5, 0.6) is 11.6 Å². The quantitative estimate of drug-likeness (QED) is 0.471. The average molecular weight is 472 g/mol. The number of nitrogens with one attached hydrogen (secondary N) is 1. The maximum Gasteiger partial charge on any atom is 0.225 e. The van der Waals surface area contributed by atoms with Crippen LogP contribution in [0.15, 0.2) is 67.0 Å². The number of carbonyl (C=O) groups is 1. The molecule has 1 aliphatic rings. The van der Waals surface area contributed by atoms with Crippen LogP contribution in [0.1, 0.15) is 25.0 Å². The Balaban J connectivity index is 1.37. The largest absolute Gasteiger partial charge is 0.439 e. The maximum absolute atomic E-state index is 12.2. The van der Waals surface area contributed by atoms with Crippen LogP contribution in [-0.4, -0.2) is 63.6 Å². The molecule has 1 fully saturated rings. The van der Waals surface area contributed by atoms with Gasteiger partial charge in [0.05, 0.1) is 5.69 Å². The van der Waals surface area contributed by atoms with E-state index in [2.05, 4.69) is 45.7 Å². The number of nitrogens with zero attached hydrogens (tertiary/aromatic N) is 4. The molecule has 1 N–H and O–H groups in total.